The van der Waals surface area contributed by atoms with Crippen LogP contribution in [0.2, 0.25) is 0 Å². The normalized spacial score (nSPS) is 30.9. The van der Waals surface area contributed by atoms with Crippen molar-refractivity contribution < 1.29 is 17.9 Å². The maximum Gasteiger partial charge on any atom is 0.422 e. The number of halogens is 3. The van der Waals surface area contributed by atoms with Crippen molar-refractivity contribution in [3.8, 4) is 5.19 Å². The van der Waals surface area contributed by atoms with Crippen molar-refractivity contribution in [2.75, 3.05) is 33.3 Å². The third kappa shape index (κ3) is 4.49. The maximum absolute atomic E-state index is 12.3. The highest BCUT2D eigenvalue weighted by Crippen LogP contribution is 2.54. The molecule has 1 N–H and O–H groups in total. The van der Waals surface area contributed by atoms with Gasteiger partial charge in [0.15, 0.2) is 6.61 Å². The molecule has 0 unspecified atom stereocenters. The summed E-state index contributed by atoms with van der Waals surface area (Å²) in [6, 6.07) is 0. The summed E-state index contributed by atoms with van der Waals surface area (Å²) in [5.74, 6) is 0. The van der Waals surface area contributed by atoms with E-state index in [1.807, 2.05) is 0 Å². The van der Waals surface area contributed by atoms with E-state index in [0.717, 1.165) is 43.0 Å². The second-order valence-corrected chi connectivity index (χ2v) is 9.92. The van der Waals surface area contributed by atoms with Crippen LogP contribution in [-0.4, -0.2) is 54.9 Å². The summed E-state index contributed by atoms with van der Waals surface area (Å²) in [5, 5.41) is 3.74. The predicted molar refractivity (Wildman–Crippen MR) is 104 cm³/mol. The van der Waals surface area contributed by atoms with Crippen molar-refractivity contribution in [1.82, 2.24) is 15.2 Å². The number of ether oxygens (including phenoxy) is 1. The largest absolute Gasteiger partial charge is 0.460 e. The molecule has 3 saturated carbocycles. The smallest absolute Gasteiger partial charge is 0.422 e. The monoisotopic (exact) mass is 417 g/mol. The van der Waals surface area contributed by atoms with E-state index < -0.39 is 12.8 Å². The summed E-state index contributed by atoms with van der Waals surface area (Å²) in [6.07, 6.45) is 6.58. The molecule has 5 rings (SSSR count). The molecule has 4 aliphatic rings. The first-order valence-electron chi connectivity index (χ1n) is 10.4. The average molecular weight is 418 g/mol. The van der Waals surface area contributed by atoms with Gasteiger partial charge in [-0.2, -0.15) is 13.2 Å². The highest BCUT2D eigenvalue weighted by molar-refractivity contribution is 7.13. The molecule has 0 radical (unpaired) electrons. The molecule has 8 heteroatoms. The maximum atomic E-state index is 12.3. The fraction of sp³-hybridized carbons (Fsp3) is 0.850. The van der Waals surface area contributed by atoms with Crippen molar-refractivity contribution >= 4 is 11.3 Å². The second-order valence-electron chi connectivity index (χ2n) is 8.88. The van der Waals surface area contributed by atoms with Gasteiger partial charge in [0.1, 0.15) is 0 Å². The zero-order valence-electron chi connectivity index (χ0n) is 16.5. The number of alkyl halides is 3. The average Bonchev–Trinajstić information content (AvgIpc) is 2.99. The summed E-state index contributed by atoms with van der Waals surface area (Å²) >= 11 is 1.28. The Morgan fingerprint density at radius 3 is 2.43 bits per heavy atom. The Morgan fingerprint density at radius 1 is 1.11 bits per heavy atom. The van der Waals surface area contributed by atoms with Crippen LogP contribution in [-0.2, 0) is 12.8 Å². The molecule has 0 saturated heterocycles. The first-order chi connectivity index (χ1) is 13.3. The van der Waals surface area contributed by atoms with Gasteiger partial charge in [0, 0.05) is 29.9 Å². The van der Waals surface area contributed by atoms with Crippen LogP contribution < -0.4 is 10.1 Å². The Hall–Kier alpha value is -0.860. The fourth-order valence-corrected chi connectivity index (χ4v) is 6.17. The van der Waals surface area contributed by atoms with Crippen LogP contribution in [0, 0.1) is 5.41 Å². The van der Waals surface area contributed by atoms with E-state index in [2.05, 4.69) is 22.2 Å². The van der Waals surface area contributed by atoms with Crippen LogP contribution in [0.1, 0.15) is 55.5 Å². The summed E-state index contributed by atoms with van der Waals surface area (Å²) in [7, 11) is 2.11. The van der Waals surface area contributed by atoms with Gasteiger partial charge in [-0.3, -0.25) is 0 Å². The van der Waals surface area contributed by atoms with Crippen LogP contribution >= 0.6 is 11.3 Å². The van der Waals surface area contributed by atoms with Gasteiger partial charge in [-0.15, -0.1) is 0 Å². The lowest BCUT2D eigenvalue weighted by Crippen LogP contribution is -2.54. The van der Waals surface area contributed by atoms with Gasteiger partial charge in [-0.05, 0) is 70.4 Å². The number of aromatic nitrogens is 1. The number of rotatable bonds is 6. The first-order valence-corrected chi connectivity index (χ1v) is 11.2. The van der Waals surface area contributed by atoms with E-state index in [9.17, 15) is 13.2 Å². The third-order valence-corrected chi connectivity index (χ3v) is 8.40. The molecule has 3 fully saturated rings. The number of nitrogens with zero attached hydrogens (tertiary/aromatic N) is 2. The van der Waals surface area contributed by atoms with E-state index in [4.69, 9.17) is 4.74 Å². The first kappa shape index (κ1) is 20.4. The van der Waals surface area contributed by atoms with Crippen molar-refractivity contribution in [2.45, 2.75) is 69.5 Å². The lowest BCUT2D eigenvalue weighted by atomic mass is 9.56. The summed E-state index contributed by atoms with van der Waals surface area (Å²) in [5.41, 5.74) is 1.87. The Bertz CT molecular complexity index is 641. The molecule has 3 aliphatic carbocycles. The molecule has 2 heterocycles. The molecule has 1 aliphatic heterocycles. The topological polar surface area (TPSA) is 37.4 Å². The van der Waals surface area contributed by atoms with E-state index in [-0.39, 0.29) is 5.19 Å². The number of thiazole rings is 1. The molecule has 0 atom stereocenters. The predicted octanol–water partition coefficient (Wildman–Crippen LogP) is 4.19. The van der Waals surface area contributed by atoms with Crippen LogP contribution in [0.3, 0.4) is 0 Å². The molecule has 0 amide bonds. The van der Waals surface area contributed by atoms with Crippen LogP contribution in [0.15, 0.2) is 0 Å². The Kier molecular flexibility index (Phi) is 5.66. The van der Waals surface area contributed by atoms with E-state index in [0.29, 0.717) is 11.0 Å². The molecular formula is C20H30F3N3OS. The van der Waals surface area contributed by atoms with Gasteiger partial charge in [-0.1, -0.05) is 11.3 Å². The van der Waals surface area contributed by atoms with E-state index in [1.54, 1.807) is 0 Å². The van der Waals surface area contributed by atoms with Crippen molar-refractivity contribution in [3.05, 3.63) is 10.6 Å². The van der Waals surface area contributed by atoms with Gasteiger partial charge < -0.3 is 15.0 Å². The molecule has 158 valence electrons. The molecule has 0 aromatic carbocycles. The van der Waals surface area contributed by atoms with Gasteiger partial charge in [0.05, 0.1) is 5.69 Å². The lowest BCUT2D eigenvalue weighted by molar-refractivity contribution is -0.153. The summed E-state index contributed by atoms with van der Waals surface area (Å²) in [4.78, 5) is 7.93. The summed E-state index contributed by atoms with van der Waals surface area (Å²) < 4.78 is 41.8. The second kappa shape index (κ2) is 7.76. The van der Waals surface area contributed by atoms with Gasteiger partial charge in [-0.25, -0.2) is 4.98 Å². The zero-order chi connectivity index (χ0) is 19.8. The zero-order valence-corrected chi connectivity index (χ0v) is 17.4. The van der Waals surface area contributed by atoms with E-state index in [1.165, 1.54) is 56.3 Å². The molecule has 28 heavy (non-hydrogen) atoms. The fourth-order valence-electron chi connectivity index (χ4n) is 5.22. The van der Waals surface area contributed by atoms with Crippen molar-refractivity contribution in [1.29, 1.82) is 0 Å². The molecular weight excluding hydrogens is 387 g/mol. The highest BCUT2D eigenvalue weighted by Gasteiger charge is 2.47. The van der Waals surface area contributed by atoms with Crippen LogP contribution in [0.5, 0.6) is 5.19 Å². The lowest BCUT2D eigenvalue weighted by Gasteiger charge is -2.54. The molecule has 1 aromatic rings. The summed E-state index contributed by atoms with van der Waals surface area (Å²) in [6.45, 7) is 1.76. The van der Waals surface area contributed by atoms with Gasteiger partial charge in [0.25, 0.3) is 5.19 Å². The Labute approximate surface area is 168 Å². The Morgan fingerprint density at radius 2 is 1.79 bits per heavy atom. The number of hydrogen-bond acceptors (Lipinski definition) is 5. The third-order valence-electron chi connectivity index (χ3n) is 7.33. The minimum absolute atomic E-state index is 0.159. The minimum atomic E-state index is -4.32. The minimum Gasteiger partial charge on any atom is -0.460 e. The van der Waals surface area contributed by atoms with Gasteiger partial charge in [0.2, 0.25) is 0 Å². The number of fused-ring (bicyclic) bond motifs is 4. The Balaban J connectivity index is 1.27. The van der Waals surface area contributed by atoms with Gasteiger partial charge >= 0.3 is 6.18 Å². The SMILES string of the molecule is CNC12CCC(CCN3CCc4nc(OCC(F)(F)F)sc4CC3)(CC1)CC2. The standard InChI is InChI=1S/C20H30F3N3OS/c1-24-19-7-4-18(5-8-19,6-9-19)10-13-26-11-2-15-16(3-12-26)28-17(25-15)27-14-20(21,22)23/h24H,2-14H2,1H3. The quantitative estimate of drug-likeness (QED) is 0.753. The molecule has 1 aromatic heterocycles. The number of nitrogens with one attached hydrogen (secondary N) is 1. The number of hydrogen-bond donors (Lipinski definition) is 1. The van der Waals surface area contributed by atoms with Crippen molar-refractivity contribution in [3.63, 3.8) is 0 Å². The molecule has 0 spiro atoms. The van der Waals surface area contributed by atoms with Crippen LogP contribution in [0.4, 0.5) is 13.2 Å². The van der Waals surface area contributed by atoms with Crippen molar-refractivity contribution in [2.24, 2.45) is 5.41 Å². The highest BCUT2D eigenvalue weighted by atomic mass is 32.1. The molecule has 2 bridgehead atoms. The van der Waals surface area contributed by atoms with E-state index >= 15 is 0 Å². The van der Waals surface area contributed by atoms with Crippen LogP contribution in [0.25, 0.3) is 0 Å². The molecule has 4 nitrogen and oxygen atoms in total.